The van der Waals surface area contributed by atoms with Crippen molar-refractivity contribution < 1.29 is 9.59 Å². The van der Waals surface area contributed by atoms with Crippen LogP contribution in [0, 0.1) is 0 Å². The van der Waals surface area contributed by atoms with E-state index in [-0.39, 0.29) is 11.5 Å². The number of carbonyl (C=O) groups is 1. The van der Waals surface area contributed by atoms with Crippen molar-refractivity contribution in [3.63, 3.8) is 0 Å². The van der Waals surface area contributed by atoms with Crippen molar-refractivity contribution in [2.45, 2.75) is 6.92 Å². The standard InChI is InChI=1S/C6H7N3O2/c1-3-5(7)6(11)9-4(2-10)8-3/h8H,7H2,1H3,(H,9,11). The molecule has 0 unspecified atom stereocenters. The van der Waals surface area contributed by atoms with Crippen LogP contribution in [0.2, 0.25) is 0 Å². The number of allylic oxidation sites excluding steroid dienone is 1. The van der Waals surface area contributed by atoms with Crippen molar-refractivity contribution in [1.82, 2.24) is 10.6 Å². The monoisotopic (exact) mass is 153 g/mol. The van der Waals surface area contributed by atoms with Crippen LogP contribution in [-0.4, -0.2) is 11.8 Å². The van der Waals surface area contributed by atoms with Crippen LogP contribution in [0.1, 0.15) is 6.92 Å². The molecule has 0 fully saturated rings. The van der Waals surface area contributed by atoms with Gasteiger partial charge in [-0.15, -0.1) is 0 Å². The molecule has 0 aromatic heterocycles. The molecular weight excluding hydrogens is 146 g/mol. The summed E-state index contributed by atoms with van der Waals surface area (Å²) in [6, 6.07) is 0. The lowest BCUT2D eigenvalue weighted by Gasteiger charge is -2.16. The van der Waals surface area contributed by atoms with E-state index in [0.717, 1.165) is 0 Å². The van der Waals surface area contributed by atoms with E-state index in [1.165, 1.54) is 5.94 Å². The Balaban J connectivity index is 3.03. The molecule has 1 rings (SSSR count). The predicted octanol–water partition coefficient (Wildman–Crippen LogP) is -1.43. The molecule has 0 radical (unpaired) electrons. The fraction of sp³-hybridized carbons (Fsp3) is 0.167. The molecule has 0 bridgehead atoms. The minimum Gasteiger partial charge on any atom is -0.393 e. The van der Waals surface area contributed by atoms with Gasteiger partial charge < -0.3 is 11.1 Å². The maximum Gasteiger partial charge on any atom is 0.274 e. The first-order chi connectivity index (χ1) is 5.15. The van der Waals surface area contributed by atoms with E-state index in [9.17, 15) is 9.59 Å². The van der Waals surface area contributed by atoms with E-state index >= 15 is 0 Å². The summed E-state index contributed by atoms with van der Waals surface area (Å²) >= 11 is 0. The summed E-state index contributed by atoms with van der Waals surface area (Å²) in [5, 5.41) is 4.77. The van der Waals surface area contributed by atoms with E-state index in [2.05, 4.69) is 10.6 Å². The normalized spacial score (nSPS) is 17.2. The lowest BCUT2D eigenvalue weighted by atomic mass is 10.3. The third kappa shape index (κ3) is 1.22. The molecule has 0 aromatic carbocycles. The molecule has 0 aliphatic carbocycles. The molecule has 0 saturated heterocycles. The molecule has 5 nitrogen and oxygen atoms in total. The molecule has 1 aliphatic heterocycles. The molecule has 1 amide bonds. The average molecular weight is 153 g/mol. The molecular formula is C6H7N3O2. The van der Waals surface area contributed by atoms with E-state index in [4.69, 9.17) is 5.73 Å². The summed E-state index contributed by atoms with van der Waals surface area (Å²) in [6.45, 7) is 1.60. The molecule has 1 aliphatic rings. The predicted molar refractivity (Wildman–Crippen MR) is 37.4 cm³/mol. The third-order valence-electron chi connectivity index (χ3n) is 1.30. The van der Waals surface area contributed by atoms with Crippen LogP contribution >= 0.6 is 0 Å². The number of rotatable bonds is 0. The molecule has 0 spiro atoms. The second-order valence-electron chi connectivity index (χ2n) is 2.09. The summed E-state index contributed by atoms with van der Waals surface area (Å²) in [5.41, 5.74) is 5.85. The summed E-state index contributed by atoms with van der Waals surface area (Å²) in [7, 11) is 0. The van der Waals surface area contributed by atoms with Gasteiger partial charge in [-0.1, -0.05) is 0 Å². The van der Waals surface area contributed by atoms with Gasteiger partial charge >= 0.3 is 0 Å². The lowest BCUT2D eigenvalue weighted by Crippen LogP contribution is -2.41. The topological polar surface area (TPSA) is 84.2 Å². The molecule has 0 aromatic rings. The lowest BCUT2D eigenvalue weighted by molar-refractivity contribution is -0.117. The number of hydrogen-bond acceptors (Lipinski definition) is 4. The number of amides is 1. The van der Waals surface area contributed by atoms with Crippen LogP contribution < -0.4 is 16.4 Å². The van der Waals surface area contributed by atoms with Crippen LogP contribution in [0.3, 0.4) is 0 Å². The van der Waals surface area contributed by atoms with Gasteiger partial charge in [-0.05, 0) is 6.92 Å². The van der Waals surface area contributed by atoms with E-state index in [0.29, 0.717) is 5.70 Å². The van der Waals surface area contributed by atoms with E-state index in [1.54, 1.807) is 6.92 Å². The number of nitrogens with two attached hydrogens (primary N) is 1. The molecule has 0 atom stereocenters. The first-order valence-electron chi connectivity index (χ1n) is 2.95. The average Bonchev–Trinajstić information content (AvgIpc) is 1.99. The van der Waals surface area contributed by atoms with Gasteiger partial charge in [-0.3, -0.25) is 10.1 Å². The molecule has 5 heteroatoms. The number of carbonyl (C=O) groups excluding carboxylic acids is 2. The van der Waals surface area contributed by atoms with Crippen molar-refractivity contribution in [3.8, 4) is 0 Å². The number of nitrogens with one attached hydrogen (secondary N) is 2. The molecule has 4 N–H and O–H groups in total. The largest absolute Gasteiger partial charge is 0.393 e. The van der Waals surface area contributed by atoms with Crippen LogP contribution in [0.4, 0.5) is 0 Å². The van der Waals surface area contributed by atoms with Gasteiger partial charge in [0, 0.05) is 5.70 Å². The second-order valence-corrected chi connectivity index (χ2v) is 2.09. The highest BCUT2D eigenvalue weighted by atomic mass is 16.2. The van der Waals surface area contributed by atoms with Crippen LogP contribution in [0.15, 0.2) is 17.2 Å². The Kier molecular flexibility index (Phi) is 1.66. The number of hydrogen-bond donors (Lipinski definition) is 3. The zero-order chi connectivity index (χ0) is 8.43. The van der Waals surface area contributed by atoms with Crippen molar-refractivity contribution in [3.05, 3.63) is 17.2 Å². The first kappa shape index (κ1) is 7.37. The molecule has 11 heavy (non-hydrogen) atoms. The van der Waals surface area contributed by atoms with Gasteiger partial charge in [0.1, 0.15) is 5.70 Å². The quantitative estimate of drug-likeness (QED) is 0.372. The van der Waals surface area contributed by atoms with E-state index < -0.39 is 5.91 Å². The van der Waals surface area contributed by atoms with Crippen molar-refractivity contribution in [2.75, 3.05) is 0 Å². The highest BCUT2D eigenvalue weighted by molar-refractivity contribution is 5.96. The van der Waals surface area contributed by atoms with Gasteiger partial charge in [0.15, 0.2) is 11.8 Å². The zero-order valence-electron chi connectivity index (χ0n) is 5.89. The van der Waals surface area contributed by atoms with Crippen LogP contribution in [0.5, 0.6) is 0 Å². The van der Waals surface area contributed by atoms with Crippen molar-refractivity contribution >= 4 is 11.8 Å². The Morgan fingerprint density at radius 3 is 2.55 bits per heavy atom. The first-order valence-corrected chi connectivity index (χ1v) is 2.95. The van der Waals surface area contributed by atoms with Crippen molar-refractivity contribution in [2.24, 2.45) is 5.73 Å². The second kappa shape index (κ2) is 2.48. The molecule has 0 saturated carbocycles. The highest BCUT2D eigenvalue weighted by Gasteiger charge is 2.17. The zero-order valence-corrected chi connectivity index (χ0v) is 5.89. The van der Waals surface area contributed by atoms with Gasteiger partial charge in [0.25, 0.3) is 5.91 Å². The van der Waals surface area contributed by atoms with Gasteiger partial charge in [0.05, 0.1) is 0 Å². The Morgan fingerprint density at radius 1 is 1.45 bits per heavy atom. The van der Waals surface area contributed by atoms with Gasteiger partial charge in [-0.2, -0.15) is 0 Å². The molecule has 58 valence electrons. The third-order valence-corrected chi connectivity index (χ3v) is 1.30. The summed E-state index contributed by atoms with van der Waals surface area (Å²) in [6.07, 6.45) is 0. The minimum atomic E-state index is -0.473. The van der Waals surface area contributed by atoms with Crippen molar-refractivity contribution in [1.29, 1.82) is 0 Å². The Labute approximate surface area is 62.9 Å². The SMILES string of the molecule is CC1=C(N)C(=O)NC(=C=O)N1. The smallest absolute Gasteiger partial charge is 0.274 e. The summed E-state index contributed by atoms with van der Waals surface area (Å²) in [4.78, 5) is 20.9. The highest BCUT2D eigenvalue weighted by Crippen LogP contribution is 2.01. The summed E-state index contributed by atoms with van der Waals surface area (Å²) in [5.74, 6) is 1.05. The fourth-order valence-electron chi connectivity index (χ4n) is 0.688. The summed E-state index contributed by atoms with van der Waals surface area (Å²) < 4.78 is 0. The Hall–Kier alpha value is -1.74. The van der Waals surface area contributed by atoms with E-state index in [1.807, 2.05) is 0 Å². The Morgan fingerprint density at radius 2 is 2.09 bits per heavy atom. The maximum absolute atomic E-state index is 10.8. The van der Waals surface area contributed by atoms with Gasteiger partial charge in [0.2, 0.25) is 0 Å². The van der Waals surface area contributed by atoms with Crippen LogP contribution in [0.25, 0.3) is 0 Å². The fourth-order valence-corrected chi connectivity index (χ4v) is 0.688. The molecule has 1 heterocycles. The Bertz CT molecular complexity index is 286. The minimum absolute atomic E-state index is 0.00157. The van der Waals surface area contributed by atoms with Crippen LogP contribution in [-0.2, 0) is 9.59 Å². The van der Waals surface area contributed by atoms with Gasteiger partial charge in [-0.25, -0.2) is 4.79 Å². The maximum atomic E-state index is 10.8.